The minimum atomic E-state index is 0.878. The van der Waals surface area contributed by atoms with Crippen LogP contribution in [0.1, 0.15) is 58.8 Å². The number of likely N-dealkylation sites (tertiary alicyclic amines) is 1. The second-order valence-corrected chi connectivity index (χ2v) is 6.74. The minimum absolute atomic E-state index is 0.878. The Balaban J connectivity index is 1.39. The van der Waals surface area contributed by atoms with Crippen LogP contribution < -0.4 is 5.32 Å². The van der Waals surface area contributed by atoms with Gasteiger partial charge in [-0.1, -0.05) is 26.7 Å². The van der Waals surface area contributed by atoms with Gasteiger partial charge in [0.25, 0.3) is 0 Å². The highest BCUT2D eigenvalue weighted by atomic mass is 15.1. The van der Waals surface area contributed by atoms with Crippen LogP contribution in [0.15, 0.2) is 0 Å². The predicted molar refractivity (Wildman–Crippen MR) is 78.9 cm³/mol. The van der Waals surface area contributed by atoms with E-state index in [4.69, 9.17) is 0 Å². The zero-order valence-corrected chi connectivity index (χ0v) is 12.5. The zero-order chi connectivity index (χ0) is 12.8. The summed E-state index contributed by atoms with van der Waals surface area (Å²) in [6.45, 7) is 10.1. The second-order valence-electron chi connectivity index (χ2n) is 6.74. The Bertz CT molecular complexity index is 223. The number of nitrogens with one attached hydrogen (secondary N) is 1. The first-order valence-electron chi connectivity index (χ1n) is 8.21. The standard InChI is InChI=1S/C16H32N2/c1-14(2)15-9-12-18(13-15)11-6-4-3-5-10-17-16-7-8-16/h14-17H,3-13H2,1-2H3. The highest BCUT2D eigenvalue weighted by Crippen LogP contribution is 2.23. The molecule has 0 radical (unpaired) electrons. The highest BCUT2D eigenvalue weighted by Gasteiger charge is 2.24. The number of nitrogens with zero attached hydrogens (tertiary/aromatic N) is 1. The molecule has 0 spiro atoms. The van der Waals surface area contributed by atoms with Crippen LogP contribution in [-0.2, 0) is 0 Å². The summed E-state index contributed by atoms with van der Waals surface area (Å²) in [5, 5.41) is 3.60. The largest absolute Gasteiger partial charge is 0.314 e. The van der Waals surface area contributed by atoms with Crippen LogP contribution in [0.5, 0.6) is 0 Å². The zero-order valence-electron chi connectivity index (χ0n) is 12.5. The van der Waals surface area contributed by atoms with Crippen molar-refractivity contribution >= 4 is 0 Å². The van der Waals surface area contributed by atoms with Gasteiger partial charge in [-0.2, -0.15) is 0 Å². The molecule has 2 aliphatic rings. The van der Waals surface area contributed by atoms with E-state index in [1.54, 1.807) is 0 Å². The Morgan fingerprint density at radius 3 is 2.50 bits per heavy atom. The van der Waals surface area contributed by atoms with Crippen molar-refractivity contribution in [2.24, 2.45) is 11.8 Å². The van der Waals surface area contributed by atoms with E-state index < -0.39 is 0 Å². The van der Waals surface area contributed by atoms with E-state index >= 15 is 0 Å². The molecule has 0 bridgehead atoms. The number of unbranched alkanes of at least 4 members (excludes halogenated alkanes) is 3. The lowest BCUT2D eigenvalue weighted by molar-refractivity contribution is 0.296. The summed E-state index contributed by atoms with van der Waals surface area (Å²) < 4.78 is 0. The van der Waals surface area contributed by atoms with E-state index in [1.165, 1.54) is 71.1 Å². The lowest BCUT2D eigenvalue weighted by Crippen LogP contribution is -2.23. The summed E-state index contributed by atoms with van der Waals surface area (Å²) in [5.74, 6) is 1.84. The summed E-state index contributed by atoms with van der Waals surface area (Å²) in [5.41, 5.74) is 0. The fourth-order valence-corrected chi connectivity index (χ4v) is 3.02. The maximum Gasteiger partial charge on any atom is 0.00682 e. The van der Waals surface area contributed by atoms with Gasteiger partial charge in [0, 0.05) is 12.6 Å². The Morgan fingerprint density at radius 1 is 1.06 bits per heavy atom. The topological polar surface area (TPSA) is 15.3 Å². The number of rotatable bonds is 9. The van der Waals surface area contributed by atoms with Gasteiger partial charge in [-0.05, 0) is 63.6 Å². The molecule has 2 rings (SSSR count). The number of hydrogen-bond donors (Lipinski definition) is 1. The van der Waals surface area contributed by atoms with Gasteiger partial charge in [-0.15, -0.1) is 0 Å². The summed E-state index contributed by atoms with van der Waals surface area (Å²) in [6, 6.07) is 0.891. The van der Waals surface area contributed by atoms with Crippen LogP contribution in [0.3, 0.4) is 0 Å². The van der Waals surface area contributed by atoms with E-state index in [1.807, 2.05) is 0 Å². The van der Waals surface area contributed by atoms with E-state index in [2.05, 4.69) is 24.1 Å². The van der Waals surface area contributed by atoms with Gasteiger partial charge in [0.15, 0.2) is 0 Å². The normalized spacial score (nSPS) is 25.2. The van der Waals surface area contributed by atoms with Gasteiger partial charge in [0.05, 0.1) is 0 Å². The van der Waals surface area contributed by atoms with E-state index in [9.17, 15) is 0 Å². The molecule has 106 valence electrons. The average molecular weight is 252 g/mol. The Kier molecular flexibility index (Phi) is 5.97. The molecule has 2 heteroatoms. The third kappa shape index (κ3) is 5.27. The molecular weight excluding hydrogens is 220 g/mol. The van der Waals surface area contributed by atoms with Crippen LogP contribution in [0.2, 0.25) is 0 Å². The molecule has 0 aromatic rings. The van der Waals surface area contributed by atoms with Crippen LogP contribution in [0.25, 0.3) is 0 Å². The molecule has 1 atom stereocenters. The highest BCUT2D eigenvalue weighted by molar-refractivity contribution is 4.80. The maximum atomic E-state index is 3.60. The summed E-state index contributed by atoms with van der Waals surface area (Å²) >= 11 is 0. The monoisotopic (exact) mass is 252 g/mol. The summed E-state index contributed by atoms with van der Waals surface area (Å²) in [7, 11) is 0. The first kappa shape index (κ1) is 14.3. The molecule has 0 aromatic carbocycles. The van der Waals surface area contributed by atoms with E-state index in [-0.39, 0.29) is 0 Å². The molecule has 1 unspecified atom stereocenters. The van der Waals surface area contributed by atoms with Crippen molar-refractivity contribution in [2.75, 3.05) is 26.2 Å². The molecule has 0 amide bonds. The van der Waals surface area contributed by atoms with Gasteiger partial charge < -0.3 is 10.2 Å². The Morgan fingerprint density at radius 2 is 1.83 bits per heavy atom. The van der Waals surface area contributed by atoms with Gasteiger partial charge in [-0.25, -0.2) is 0 Å². The molecule has 2 fully saturated rings. The van der Waals surface area contributed by atoms with Crippen LogP contribution in [0, 0.1) is 11.8 Å². The van der Waals surface area contributed by atoms with Crippen molar-refractivity contribution in [1.29, 1.82) is 0 Å². The lowest BCUT2D eigenvalue weighted by atomic mass is 9.95. The molecule has 1 aliphatic carbocycles. The summed E-state index contributed by atoms with van der Waals surface area (Å²) in [4.78, 5) is 2.69. The predicted octanol–water partition coefficient (Wildman–Crippen LogP) is 3.28. The molecule has 1 N–H and O–H groups in total. The van der Waals surface area contributed by atoms with Crippen LogP contribution in [0.4, 0.5) is 0 Å². The average Bonchev–Trinajstić information content (AvgIpc) is 3.04. The molecule has 1 saturated heterocycles. The van der Waals surface area contributed by atoms with Crippen molar-refractivity contribution in [3.8, 4) is 0 Å². The van der Waals surface area contributed by atoms with E-state index in [0.29, 0.717) is 0 Å². The van der Waals surface area contributed by atoms with Crippen molar-refractivity contribution in [1.82, 2.24) is 10.2 Å². The third-order valence-corrected chi connectivity index (χ3v) is 4.66. The molecule has 18 heavy (non-hydrogen) atoms. The summed E-state index contributed by atoms with van der Waals surface area (Å²) in [6.07, 6.45) is 9.91. The van der Waals surface area contributed by atoms with Crippen LogP contribution >= 0.6 is 0 Å². The van der Waals surface area contributed by atoms with Gasteiger partial charge in [0.2, 0.25) is 0 Å². The smallest absolute Gasteiger partial charge is 0.00682 e. The molecule has 1 saturated carbocycles. The molecule has 1 aliphatic heterocycles. The van der Waals surface area contributed by atoms with Crippen LogP contribution in [-0.4, -0.2) is 37.1 Å². The Labute approximate surface area is 114 Å². The fraction of sp³-hybridized carbons (Fsp3) is 1.00. The molecular formula is C16H32N2. The van der Waals surface area contributed by atoms with Gasteiger partial charge in [0.1, 0.15) is 0 Å². The first-order valence-corrected chi connectivity index (χ1v) is 8.21. The van der Waals surface area contributed by atoms with Gasteiger partial charge >= 0.3 is 0 Å². The molecule has 2 nitrogen and oxygen atoms in total. The number of hydrogen-bond acceptors (Lipinski definition) is 2. The SMILES string of the molecule is CC(C)C1CCN(CCCCCCNC2CC2)C1. The van der Waals surface area contributed by atoms with E-state index in [0.717, 1.165) is 17.9 Å². The van der Waals surface area contributed by atoms with Crippen molar-refractivity contribution in [2.45, 2.75) is 64.8 Å². The third-order valence-electron chi connectivity index (χ3n) is 4.66. The molecule has 1 heterocycles. The van der Waals surface area contributed by atoms with Crippen molar-refractivity contribution in [3.63, 3.8) is 0 Å². The first-order chi connectivity index (χ1) is 8.75. The maximum absolute atomic E-state index is 3.60. The molecule has 0 aromatic heterocycles. The quantitative estimate of drug-likeness (QED) is 0.634. The Hall–Kier alpha value is -0.0800. The fourth-order valence-electron chi connectivity index (χ4n) is 3.02. The lowest BCUT2D eigenvalue weighted by Gasteiger charge is -2.17. The van der Waals surface area contributed by atoms with Crippen molar-refractivity contribution < 1.29 is 0 Å². The van der Waals surface area contributed by atoms with Gasteiger partial charge in [-0.3, -0.25) is 0 Å². The van der Waals surface area contributed by atoms with Crippen molar-refractivity contribution in [3.05, 3.63) is 0 Å². The second kappa shape index (κ2) is 7.49. The minimum Gasteiger partial charge on any atom is -0.314 e.